The number of H-pyrrole nitrogens is 1. The van der Waals surface area contributed by atoms with E-state index in [9.17, 15) is 9.90 Å². The van der Waals surface area contributed by atoms with Crippen LogP contribution in [0.25, 0.3) is 33.6 Å². The van der Waals surface area contributed by atoms with Crippen molar-refractivity contribution < 1.29 is 19.1 Å². The molecule has 1 aliphatic heterocycles. The summed E-state index contributed by atoms with van der Waals surface area (Å²) in [4.78, 5) is 34.5. The molecule has 0 saturated carbocycles. The van der Waals surface area contributed by atoms with Crippen molar-refractivity contribution in [3.63, 3.8) is 0 Å². The number of aromatic nitrogens is 4. The predicted octanol–water partition coefficient (Wildman–Crippen LogP) is 4.83. The standard InChI is InChI=1S/C33H36N8O4/c1-4-30(43)35-24-19-25(28(44-3)20-26(24)41-14-12-40(2)13-15-41)37-33-34-11-9-23(36-33)32-31(38-29(39-32)6-5-16-42)22-8-7-21-10-17-45-27(21)18-22/h4,7-11,17-20,42H,1,5-6,12-16H2,2-3H3,(H,35,43)(H,38,39)(H,34,36,37). The van der Waals surface area contributed by atoms with E-state index in [1.54, 1.807) is 19.6 Å². The number of carbonyl (C=O) groups excluding carboxylic acids is 1. The summed E-state index contributed by atoms with van der Waals surface area (Å²) in [5.41, 5.74) is 5.76. The number of methoxy groups -OCH3 is 1. The molecule has 4 N–H and O–H groups in total. The van der Waals surface area contributed by atoms with Crippen molar-refractivity contribution in [3.05, 3.63) is 73.4 Å². The van der Waals surface area contributed by atoms with Crippen molar-refractivity contribution in [1.82, 2.24) is 24.8 Å². The van der Waals surface area contributed by atoms with Gasteiger partial charge in [-0.15, -0.1) is 0 Å². The molecule has 12 nitrogen and oxygen atoms in total. The maximum atomic E-state index is 12.4. The highest BCUT2D eigenvalue weighted by molar-refractivity contribution is 6.02. The van der Waals surface area contributed by atoms with Gasteiger partial charge in [-0.1, -0.05) is 18.7 Å². The minimum Gasteiger partial charge on any atom is -0.494 e. The maximum Gasteiger partial charge on any atom is 0.247 e. The van der Waals surface area contributed by atoms with Gasteiger partial charge in [-0.05, 0) is 43.8 Å². The van der Waals surface area contributed by atoms with Crippen LogP contribution < -0.4 is 20.3 Å². The zero-order chi connectivity index (χ0) is 31.3. The molecule has 45 heavy (non-hydrogen) atoms. The molecule has 5 aromatic rings. The molecule has 3 aromatic heterocycles. The number of aryl methyl sites for hydroxylation is 1. The van der Waals surface area contributed by atoms with Crippen LogP contribution >= 0.6 is 0 Å². The summed E-state index contributed by atoms with van der Waals surface area (Å²) in [6, 6.07) is 13.4. The average molecular weight is 609 g/mol. The van der Waals surface area contributed by atoms with Crippen LogP contribution in [-0.2, 0) is 11.2 Å². The van der Waals surface area contributed by atoms with Gasteiger partial charge in [-0.2, -0.15) is 0 Å². The van der Waals surface area contributed by atoms with E-state index in [1.165, 1.54) is 6.08 Å². The van der Waals surface area contributed by atoms with Gasteiger partial charge in [0, 0.05) is 62.4 Å². The Morgan fingerprint density at radius 3 is 2.76 bits per heavy atom. The van der Waals surface area contributed by atoms with Crippen molar-refractivity contribution in [2.45, 2.75) is 12.8 Å². The van der Waals surface area contributed by atoms with Gasteiger partial charge in [0.1, 0.15) is 17.2 Å². The molecule has 12 heteroatoms. The number of benzene rings is 2. The fourth-order valence-corrected chi connectivity index (χ4v) is 5.39. The summed E-state index contributed by atoms with van der Waals surface area (Å²) in [5.74, 6) is 1.34. The predicted molar refractivity (Wildman–Crippen MR) is 175 cm³/mol. The lowest BCUT2D eigenvalue weighted by Gasteiger charge is -2.35. The van der Waals surface area contributed by atoms with Gasteiger partial charge >= 0.3 is 0 Å². The Balaban J connectivity index is 1.36. The van der Waals surface area contributed by atoms with Crippen LogP contribution in [0.15, 0.2) is 72.0 Å². The molecule has 1 fully saturated rings. The van der Waals surface area contributed by atoms with Gasteiger partial charge in [0.2, 0.25) is 11.9 Å². The number of ether oxygens (including phenoxy) is 1. The Kier molecular flexibility index (Phi) is 8.76. The van der Waals surface area contributed by atoms with E-state index in [0.717, 1.165) is 65.6 Å². The van der Waals surface area contributed by atoms with E-state index in [0.29, 0.717) is 41.6 Å². The number of aliphatic hydroxyl groups is 1. The second-order valence-corrected chi connectivity index (χ2v) is 10.9. The van der Waals surface area contributed by atoms with Gasteiger partial charge in [0.25, 0.3) is 0 Å². The third-order valence-corrected chi connectivity index (χ3v) is 7.82. The molecular weight excluding hydrogens is 572 g/mol. The van der Waals surface area contributed by atoms with E-state index in [4.69, 9.17) is 19.1 Å². The summed E-state index contributed by atoms with van der Waals surface area (Å²) >= 11 is 0. The van der Waals surface area contributed by atoms with Crippen LogP contribution in [0.1, 0.15) is 12.2 Å². The Morgan fingerprint density at radius 2 is 1.98 bits per heavy atom. The number of hydrogen-bond acceptors (Lipinski definition) is 10. The molecule has 0 atom stereocenters. The number of anilines is 4. The summed E-state index contributed by atoms with van der Waals surface area (Å²) in [5, 5.41) is 16.7. The number of aromatic amines is 1. The molecule has 1 aliphatic rings. The quantitative estimate of drug-likeness (QED) is 0.154. The number of furan rings is 1. The zero-order valence-corrected chi connectivity index (χ0v) is 25.3. The van der Waals surface area contributed by atoms with E-state index in [-0.39, 0.29) is 12.5 Å². The number of imidazole rings is 1. The number of aliphatic hydroxyl groups excluding tert-OH is 1. The highest BCUT2D eigenvalue weighted by Gasteiger charge is 2.22. The minimum absolute atomic E-state index is 0.0654. The van der Waals surface area contributed by atoms with Crippen LogP contribution in [0.3, 0.4) is 0 Å². The molecular formula is C33H36N8O4. The van der Waals surface area contributed by atoms with Crippen LogP contribution in [-0.4, -0.2) is 82.8 Å². The number of carbonyl (C=O) groups is 1. The first-order valence-corrected chi connectivity index (χ1v) is 14.8. The van der Waals surface area contributed by atoms with Gasteiger partial charge in [-0.3, -0.25) is 4.79 Å². The Hall–Kier alpha value is -5.20. The van der Waals surface area contributed by atoms with E-state index < -0.39 is 0 Å². The Labute approximate surface area is 260 Å². The van der Waals surface area contributed by atoms with Gasteiger partial charge in [0.15, 0.2) is 0 Å². The molecule has 6 rings (SSSR count). The number of amides is 1. The lowest BCUT2D eigenvalue weighted by molar-refractivity contribution is -0.111. The Morgan fingerprint density at radius 1 is 1.13 bits per heavy atom. The van der Waals surface area contributed by atoms with E-state index in [1.807, 2.05) is 42.5 Å². The fraction of sp³-hybridized carbons (Fsp3) is 0.273. The molecule has 4 heterocycles. The first kappa shape index (κ1) is 29.9. The number of rotatable bonds is 11. The molecule has 0 aliphatic carbocycles. The lowest BCUT2D eigenvalue weighted by Crippen LogP contribution is -2.44. The maximum absolute atomic E-state index is 12.4. The SMILES string of the molecule is C=CC(=O)Nc1cc(Nc2nccc(-c3[nH]c(CCCO)nc3-c3ccc4ccoc4c3)n2)c(OC)cc1N1CCN(C)CC1. The number of likely N-dealkylation sites (N-methyl/N-ethyl adjacent to an activating group) is 1. The monoisotopic (exact) mass is 608 g/mol. The third kappa shape index (κ3) is 6.52. The van der Waals surface area contributed by atoms with Gasteiger partial charge in [-0.25, -0.2) is 15.0 Å². The second-order valence-electron chi connectivity index (χ2n) is 10.9. The normalized spacial score (nSPS) is 13.6. The highest BCUT2D eigenvalue weighted by Crippen LogP contribution is 2.39. The summed E-state index contributed by atoms with van der Waals surface area (Å²) < 4.78 is 11.4. The topological polar surface area (TPSA) is 145 Å². The van der Waals surface area contributed by atoms with Crippen LogP contribution in [0.2, 0.25) is 0 Å². The van der Waals surface area contributed by atoms with Crippen molar-refractivity contribution >= 4 is 39.9 Å². The van der Waals surface area contributed by atoms with Crippen LogP contribution in [0, 0.1) is 0 Å². The third-order valence-electron chi connectivity index (χ3n) is 7.82. The lowest BCUT2D eigenvalue weighted by atomic mass is 10.1. The Bertz CT molecular complexity index is 1820. The average Bonchev–Trinajstić information content (AvgIpc) is 3.71. The minimum atomic E-state index is -0.309. The van der Waals surface area contributed by atoms with Crippen LogP contribution in [0.5, 0.6) is 5.75 Å². The molecule has 0 radical (unpaired) electrons. The molecule has 0 unspecified atom stereocenters. The summed E-state index contributed by atoms with van der Waals surface area (Å²) in [7, 11) is 3.70. The summed E-state index contributed by atoms with van der Waals surface area (Å²) in [6.07, 6.45) is 5.74. The first-order chi connectivity index (χ1) is 21.9. The van der Waals surface area contributed by atoms with Gasteiger partial charge < -0.3 is 39.7 Å². The number of nitrogens with one attached hydrogen (secondary N) is 3. The smallest absolute Gasteiger partial charge is 0.247 e. The van der Waals surface area contributed by atoms with Crippen molar-refractivity contribution in [2.75, 3.05) is 62.5 Å². The molecule has 0 spiro atoms. The number of fused-ring (bicyclic) bond motifs is 1. The molecule has 0 bridgehead atoms. The first-order valence-electron chi connectivity index (χ1n) is 14.8. The van der Waals surface area contributed by atoms with Crippen molar-refractivity contribution in [3.8, 4) is 28.4 Å². The van der Waals surface area contributed by atoms with Gasteiger partial charge in [0.05, 0.1) is 47.5 Å². The van der Waals surface area contributed by atoms with Crippen LogP contribution in [0.4, 0.5) is 23.0 Å². The zero-order valence-electron chi connectivity index (χ0n) is 25.3. The van der Waals surface area contributed by atoms with E-state index >= 15 is 0 Å². The molecule has 2 aromatic carbocycles. The summed E-state index contributed by atoms with van der Waals surface area (Å²) in [6.45, 7) is 7.12. The fourth-order valence-electron chi connectivity index (χ4n) is 5.39. The highest BCUT2D eigenvalue weighted by atomic mass is 16.5. The van der Waals surface area contributed by atoms with E-state index in [2.05, 4.69) is 44.0 Å². The number of nitrogens with zero attached hydrogens (tertiary/aromatic N) is 5. The molecule has 1 amide bonds. The number of hydrogen-bond donors (Lipinski definition) is 4. The molecule has 1 saturated heterocycles. The molecule has 232 valence electrons. The second kappa shape index (κ2) is 13.2. The number of piperazine rings is 1. The largest absolute Gasteiger partial charge is 0.494 e. The van der Waals surface area contributed by atoms with Crippen molar-refractivity contribution in [1.29, 1.82) is 0 Å². The van der Waals surface area contributed by atoms with Crippen molar-refractivity contribution in [2.24, 2.45) is 0 Å².